The van der Waals surface area contributed by atoms with Gasteiger partial charge in [0.1, 0.15) is 5.58 Å². The van der Waals surface area contributed by atoms with E-state index in [2.05, 4.69) is 0 Å². The molecule has 0 radical (unpaired) electrons. The molecule has 0 atom stereocenters. The normalized spacial score (nSPS) is 13.5. The molecule has 6 heteroatoms. The van der Waals surface area contributed by atoms with Crippen LogP contribution in [0, 0.1) is 0 Å². The third-order valence-corrected chi connectivity index (χ3v) is 5.03. The van der Waals surface area contributed by atoms with E-state index in [4.69, 9.17) is 9.15 Å². The van der Waals surface area contributed by atoms with E-state index in [-0.39, 0.29) is 18.3 Å². The Bertz CT molecular complexity index is 916. The summed E-state index contributed by atoms with van der Waals surface area (Å²) >= 11 is 1.72. The van der Waals surface area contributed by atoms with Gasteiger partial charge in [-0.1, -0.05) is 30.3 Å². The van der Waals surface area contributed by atoms with Gasteiger partial charge in [-0.15, -0.1) is 11.8 Å². The molecule has 126 valence electrons. The number of furan rings is 1. The maximum Gasteiger partial charge on any atom is 0.374 e. The van der Waals surface area contributed by atoms with Crippen molar-refractivity contribution in [2.75, 3.05) is 23.8 Å². The van der Waals surface area contributed by atoms with Crippen molar-refractivity contribution in [1.82, 2.24) is 0 Å². The molecule has 1 aliphatic rings. The van der Waals surface area contributed by atoms with Gasteiger partial charge in [0.15, 0.2) is 6.61 Å². The lowest BCUT2D eigenvalue weighted by Gasteiger charge is -2.28. The van der Waals surface area contributed by atoms with E-state index in [1.807, 2.05) is 42.5 Å². The summed E-state index contributed by atoms with van der Waals surface area (Å²) in [5.74, 6) is 0.0466. The molecular formula is C19H15NO4S. The van der Waals surface area contributed by atoms with Crippen LogP contribution in [0.5, 0.6) is 0 Å². The molecule has 0 unspecified atom stereocenters. The molecule has 3 aromatic rings. The molecule has 5 nitrogen and oxygen atoms in total. The van der Waals surface area contributed by atoms with E-state index in [1.54, 1.807) is 28.8 Å². The number of hydrogen-bond donors (Lipinski definition) is 0. The topological polar surface area (TPSA) is 59.8 Å². The van der Waals surface area contributed by atoms with Gasteiger partial charge in [0, 0.05) is 22.6 Å². The van der Waals surface area contributed by atoms with Crippen molar-refractivity contribution in [3.8, 4) is 0 Å². The third-order valence-electron chi connectivity index (χ3n) is 3.98. The zero-order valence-electron chi connectivity index (χ0n) is 13.3. The second-order valence-electron chi connectivity index (χ2n) is 5.59. The number of hydrogen-bond acceptors (Lipinski definition) is 5. The van der Waals surface area contributed by atoms with Crippen molar-refractivity contribution >= 4 is 40.3 Å². The van der Waals surface area contributed by atoms with E-state index in [1.165, 1.54) is 0 Å². The third kappa shape index (κ3) is 3.13. The van der Waals surface area contributed by atoms with Gasteiger partial charge in [0.05, 0.1) is 5.69 Å². The van der Waals surface area contributed by atoms with Crippen molar-refractivity contribution in [3.63, 3.8) is 0 Å². The summed E-state index contributed by atoms with van der Waals surface area (Å²) in [5, 5.41) is 0.822. The molecule has 1 aromatic heterocycles. The Labute approximate surface area is 148 Å². The Kier molecular flexibility index (Phi) is 4.19. The van der Waals surface area contributed by atoms with Gasteiger partial charge >= 0.3 is 5.97 Å². The first-order valence-corrected chi connectivity index (χ1v) is 8.89. The van der Waals surface area contributed by atoms with Crippen molar-refractivity contribution in [3.05, 3.63) is 60.4 Å². The van der Waals surface area contributed by atoms with Crippen LogP contribution in [0.1, 0.15) is 10.6 Å². The maximum absolute atomic E-state index is 12.5. The summed E-state index contributed by atoms with van der Waals surface area (Å²) in [6.45, 7) is 0.289. The molecule has 4 rings (SSSR count). The van der Waals surface area contributed by atoms with Gasteiger partial charge in [-0.2, -0.15) is 0 Å². The van der Waals surface area contributed by atoms with Crippen LogP contribution in [0.3, 0.4) is 0 Å². The highest BCUT2D eigenvalue weighted by atomic mass is 32.2. The molecule has 0 aliphatic carbocycles. The highest BCUT2D eigenvalue weighted by Gasteiger charge is 2.24. The molecule has 0 saturated heterocycles. The van der Waals surface area contributed by atoms with Crippen LogP contribution in [0.2, 0.25) is 0 Å². The van der Waals surface area contributed by atoms with Crippen LogP contribution in [-0.2, 0) is 9.53 Å². The van der Waals surface area contributed by atoms with Gasteiger partial charge in [0.2, 0.25) is 5.76 Å². The zero-order chi connectivity index (χ0) is 17.2. The monoisotopic (exact) mass is 353 g/mol. The molecule has 0 N–H and O–H groups in total. The zero-order valence-corrected chi connectivity index (χ0v) is 14.1. The quantitative estimate of drug-likeness (QED) is 0.672. The minimum atomic E-state index is -0.635. The molecular weight excluding hydrogens is 338 g/mol. The Hall–Kier alpha value is -2.73. The molecule has 1 amide bonds. The van der Waals surface area contributed by atoms with Crippen LogP contribution in [0.15, 0.2) is 63.9 Å². The lowest BCUT2D eigenvalue weighted by Crippen LogP contribution is -2.38. The molecule has 0 spiro atoms. The van der Waals surface area contributed by atoms with Crippen molar-refractivity contribution in [1.29, 1.82) is 0 Å². The van der Waals surface area contributed by atoms with Crippen molar-refractivity contribution < 1.29 is 18.7 Å². The standard InChI is InChI=1S/C19H15NO4S/c21-18(20-9-10-25-17-8-4-2-6-14(17)20)12-23-19(22)16-11-13-5-1-3-7-15(13)24-16/h1-8,11H,9-10,12H2. The minimum Gasteiger partial charge on any atom is -0.450 e. The molecule has 0 bridgehead atoms. The molecule has 1 aliphatic heterocycles. The first-order valence-electron chi connectivity index (χ1n) is 7.90. The average Bonchev–Trinajstić information content (AvgIpc) is 3.09. The van der Waals surface area contributed by atoms with Gasteiger partial charge in [0.25, 0.3) is 5.91 Å². The lowest BCUT2D eigenvalue weighted by molar-refractivity contribution is -0.121. The summed E-state index contributed by atoms with van der Waals surface area (Å²) in [4.78, 5) is 27.4. The summed E-state index contributed by atoms with van der Waals surface area (Å²) in [6.07, 6.45) is 0. The summed E-state index contributed by atoms with van der Waals surface area (Å²) in [5.41, 5.74) is 1.48. The molecule has 0 fully saturated rings. The van der Waals surface area contributed by atoms with Crippen LogP contribution < -0.4 is 4.90 Å². The largest absolute Gasteiger partial charge is 0.450 e. The summed E-state index contributed by atoms with van der Waals surface area (Å²) in [7, 11) is 0. The summed E-state index contributed by atoms with van der Waals surface area (Å²) in [6, 6.07) is 16.7. The SMILES string of the molecule is O=C(OCC(=O)N1CCSc2ccccc21)c1cc2ccccc2o1. The number of carbonyl (C=O) groups is 2. The predicted octanol–water partition coefficient (Wildman–Crippen LogP) is 3.73. The average molecular weight is 353 g/mol. The fourth-order valence-corrected chi connectivity index (χ4v) is 3.78. The number of carbonyl (C=O) groups excluding carboxylic acids is 2. The molecule has 2 aromatic carbocycles. The van der Waals surface area contributed by atoms with Crippen LogP contribution in [-0.4, -0.2) is 30.8 Å². The number of esters is 1. The highest BCUT2D eigenvalue weighted by molar-refractivity contribution is 7.99. The van der Waals surface area contributed by atoms with Gasteiger partial charge in [-0.3, -0.25) is 4.79 Å². The van der Waals surface area contributed by atoms with Crippen LogP contribution >= 0.6 is 11.8 Å². The number of rotatable bonds is 3. The number of ether oxygens (including phenoxy) is 1. The number of benzene rings is 2. The van der Waals surface area contributed by atoms with Crippen LogP contribution in [0.4, 0.5) is 5.69 Å². The van der Waals surface area contributed by atoms with Crippen molar-refractivity contribution in [2.45, 2.75) is 4.90 Å². The second kappa shape index (κ2) is 6.64. The fraction of sp³-hybridized carbons (Fsp3) is 0.158. The van der Waals surface area contributed by atoms with E-state index in [0.29, 0.717) is 12.1 Å². The van der Waals surface area contributed by atoms with Crippen LogP contribution in [0.25, 0.3) is 11.0 Å². The summed E-state index contributed by atoms with van der Waals surface area (Å²) < 4.78 is 10.6. The fourth-order valence-electron chi connectivity index (χ4n) is 2.79. The number of para-hydroxylation sites is 2. The number of anilines is 1. The lowest BCUT2D eigenvalue weighted by atomic mass is 10.2. The first-order chi connectivity index (χ1) is 12.2. The smallest absolute Gasteiger partial charge is 0.374 e. The molecule has 2 heterocycles. The van der Waals surface area contributed by atoms with E-state index in [0.717, 1.165) is 21.7 Å². The highest BCUT2D eigenvalue weighted by Crippen LogP contribution is 2.34. The maximum atomic E-state index is 12.5. The number of nitrogens with zero attached hydrogens (tertiary/aromatic N) is 1. The Morgan fingerprint density at radius 3 is 2.80 bits per heavy atom. The predicted molar refractivity (Wildman–Crippen MR) is 96.0 cm³/mol. The Morgan fingerprint density at radius 2 is 1.92 bits per heavy atom. The Morgan fingerprint density at radius 1 is 1.12 bits per heavy atom. The van der Waals surface area contributed by atoms with E-state index < -0.39 is 5.97 Å². The van der Waals surface area contributed by atoms with Gasteiger partial charge in [-0.25, -0.2) is 4.79 Å². The number of thioether (sulfide) groups is 1. The second-order valence-corrected chi connectivity index (χ2v) is 6.72. The van der Waals surface area contributed by atoms with Gasteiger partial charge in [-0.05, 0) is 24.3 Å². The number of amides is 1. The minimum absolute atomic E-state index is 0.101. The molecule has 0 saturated carbocycles. The van der Waals surface area contributed by atoms with E-state index in [9.17, 15) is 9.59 Å². The van der Waals surface area contributed by atoms with E-state index >= 15 is 0 Å². The van der Waals surface area contributed by atoms with Gasteiger partial charge < -0.3 is 14.1 Å². The first kappa shape index (κ1) is 15.8. The number of fused-ring (bicyclic) bond motifs is 2. The molecule has 25 heavy (non-hydrogen) atoms. The Balaban J connectivity index is 1.44. The van der Waals surface area contributed by atoms with Crippen molar-refractivity contribution in [2.24, 2.45) is 0 Å².